The van der Waals surface area contributed by atoms with Crippen molar-refractivity contribution in [3.63, 3.8) is 0 Å². The SMILES string of the molecule is CCOC(=O)C1CCCN(c2cc(Nc3ccc(F)cc3)c3c4c(onc24)-c2ccccc2C3=O)C1. The normalized spacial score (nSPS) is 16.7. The van der Waals surface area contributed by atoms with Crippen LogP contribution in [0.4, 0.5) is 21.5 Å². The number of fused-ring (bicyclic) bond motifs is 2. The minimum Gasteiger partial charge on any atom is -0.466 e. The maximum Gasteiger partial charge on any atom is 0.310 e. The molecule has 1 N–H and O–H groups in total. The molecule has 2 aliphatic rings. The molecule has 8 heteroatoms. The van der Waals surface area contributed by atoms with E-state index in [-0.39, 0.29) is 23.5 Å². The van der Waals surface area contributed by atoms with Crippen LogP contribution < -0.4 is 10.2 Å². The number of halogens is 1. The Balaban J connectivity index is 1.52. The van der Waals surface area contributed by atoms with Gasteiger partial charge < -0.3 is 19.5 Å². The van der Waals surface area contributed by atoms with Crippen molar-refractivity contribution in [1.29, 1.82) is 0 Å². The van der Waals surface area contributed by atoms with Gasteiger partial charge in [-0.1, -0.05) is 29.4 Å². The molecule has 1 atom stereocenters. The zero-order chi connectivity index (χ0) is 24.8. The van der Waals surface area contributed by atoms with Gasteiger partial charge in [-0.25, -0.2) is 4.39 Å². The Morgan fingerprint density at radius 1 is 1.19 bits per heavy atom. The smallest absolute Gasteiger partial charge is 0.310 e. The molecule has 182 valence electrons. The average Bonchev–Trinajstić information content (AvgIpc) is 3.34. The van der Waals surface area contributed by atoms with E-state index in [1.54, 1.807) is 25.1 Å². The molecule has 36 heavy (non-hydrogen) atoms. The van der Waals surface area contributed by atoms with Crippen molar-refractivity contribution in [2.75, 3.05) is 29.9 Å². The highest BCUT2D eigenvalue weighted by molar-refractivity contribution is 6.28. The Labute approximate surface area is 206 Å². The van der Waals surface area contributed by atoms with Crippen molar-refractivity contribution in [2.24, 2.45) is 5.92 Å². The number of benzene rings is 3. The summed E-state index contributed by atoms with van der Waals surface area (Å²) < 4.78 is 24.7. The summed E-state index contributed by atoms with van der Waals surface area (Å²) in [5.41, 5.74) is 4.28. The molecule has 1 saturated heterocycles. The molecule has 1 aromatic heterocycles. The van der Waals surface area contributed by atoms with Crippen LogP contribution in [0.2, 0.25) is 0 Å². The lowest BCUT2D eigenvalue weighted by molar-refractivity contribution is -0.148. The number of esters is 1. The van der Waals surface area contributed by atoms with Gasteiger partial charge in [0, 0.05) is 29.9 Å². The number of aromatic nitrogens is 1. The van der Waals surface area contributed by atoms with Crippen molar-refractivity contribution in [1.82, 2.24) is 5.16 Å². The number of anilines is 3. The predicted molar refractivity (Wildman–Crippen MR) is 134 cm³/mol. The first-order chi connectivity index (χ1) is 17.5. The van der Waals surface area contributed by atoms with Crippen molar-refractivity contribution in [3.8, 4) is 11.3 Å². The van der Waals surface area contributed by atoms with E-state index in [4.69, 9.17) is 9.26 Å². The van der Waals surface area contributed by atoms with Gasteiger partial charge in [-0.3, -0.25) is 9.59 Å². The molecule has 1 unspecified atom stereocenters. The second-order valence-corrected chi connectivity index (χ2v) is 9.10. The number of ketones is 1. The van der Waals surface area contributed by atoms with Crippen LogP contribution in [0.25, 0.3) is 22.2 Å². The summed E-state index contributed by atoms with van der Waals surface area (Å²) in [7, 11) is 0. The summed E-state index contributed by atoms with van der Waals surface area (Å²) in [4.78, 5) is 28.3. The number of carbonyl (C=O) groups excluding carboxylic acids is 2. The Morgan fingerprint density at radius 3 is 2.75 bits per heavy atom. The summed E-state index contributed by atoms with van der Waals surface area (Å²) in [6.45, 7) is 3.36. The lowest BCUT2D eigenvalue weighted by Crippen LogP contribution is -2.39. The second kappa shape index (κ2) is 8.78. The molecule has 1 aliphatic carbocycles. The summed E-state index contributed by atoms with van der Waals surface area (Å²) in [5, 5.41) is 8.35. The highest BCUT2D eigenvalue weighted by Crippen LogP contribution is 2.46. The molecule has 1 aliphatic heterocycles. The molecular formula is C28H24FN3O4. The summed E-state index contributed by atoms with van der Waals surface area (Å²) >= 11 is 0. The minimum atomic E-state index is -0.345. The zero-order valence-electron chi connectivity index (χ0n) is 19.7. The van der Waals surface area contributed by atoms with Crippen LogP contribution in [0.3, 0.4) is 0 Å². The van der Waals surface area contributed by atoms with Crippen LogP contribution in [-0.4, -0.2) is 36.6 Å². The number of nitrogens with one attached hydrogen (secondary N) is 1. The first-order valence-electron chi connectivity index (χ1n) is 12.1. The van der Waals surface area contributed by atoms with Crippen LogP contribution in [0.1, 0.15) is 35.7 Å². The number of ether oxygens (including phenoxy) is 1. The third-order valence-electron chi connectivity index (χ3n) is 6.88. The van der Waals surface area contributed by atoms with Gasteiger partial charge in [0.2, 0.25) is 0 Å². The van der Waals surface area contributed by atoms with E-state index in [0.29, 0.717) is 57.9 Å². The maximum atomic E-state index is 13.7. The lowest BCUT2D eigenvalue weighted by atomic mass is 9.86. The maximum absolute atomic E-state index is 13.7. The highest BCUT2D eigenvalue weighted by atomic mass is 19.1. The fraction of sp³-hybridized carbons (Fsp3) is 0.250. The lowest BCUT2D eigenvalue weighted by Gasteiger charge is -2.34. The van der Waals surface area contributed by atoms with Gasteiger partial charge in [0.25, 0.3) is 0 Å². The predicted octanol–water partition coefficient (Wildman–Crippen LogP) is 5.70. The van der Waals surface area contributed by atoms with Gasteiger partial charge in [-0.05, 0) is 50.1 Å². The van der Waals surface area contributed by atoms with Gasteiger partial charge in [-0.15, -0.1) is 0 Å². The topological polar surface area (TPSA) is 84.7 Å². The Kier molecular flexibility index (Phi) is 5.44. The van der Waals surface area contributed by atoms with E-state index >= 15 is 0 Å². The number of hydrogen-bond acceptors (Lipinski definition) is 7. The summed E-state index contributed by atoms with van der Waals surface area (Å²) in [5.74, 6) is -0.388. The molecule has 7 nitrogen and oxygen atoms in total. The van der Waals surface area contributed by atoms with Gasteiger partial charge in [-0.2, -0.15) is 0 Å². The fourth-order valence-electron chi connectivity index (χ4n) is 5.22. The summed E-state index contributed by atoms with van der Waals surface area (Å²) in [6, 6.07) is 15.2. The first-order valence-corrected chi connectivity index (χ1v) is 12.1. The summed E-state index contributed by atoms with van der Waals surface area (Å²) in [6.07, 6.45) is 1.58. The number of nitrogens with zero attached hydrogens (tertiary/aromatic N) is 2. The minimum absolute atomic E-state index is 0.134. The third-order valence-corrected chi connectivity index (χ3v) is 6.88. The Morgan fingerprint density at radius 2 is 1.97 bits per heavy atom. The highest BCUT2D eigenvalue weighted by Gasteiger charge is 2.35. The van der Waals surface area contributed by atoms with Crippen LogP contribution >= 0.6 is 0 Å². The van der Waals surface area contributed by atoms with E-state index in [0.717, 1.165) is 25.1 Å². The second-order valence-electron chi connectivity index (χ2n) is 9.10. The van der Waals surface area contributed by atoms with Gasteiger partial charge in [0.1, 0.15) is 11.3 Å². The van der Waals surface area contributed by atoms with Gasteiger partial charge in [0.05, 0.1) is 34.8 Å². The van der Waals surface area contributed by atoms with E-state index < -0.39 is 0 Å². The standard InChI is InChI=1S/C28H24FN3O4/c1-2-35-28(34)16-6-5-13-32(15-16)22-14-21(30-18-11-9-17(29)10-12-18)23-24-25(22)31-36-27(24)20-8-4-3-7-19(20)26(23)33/h3-4,7-12,14,16,30H,2,5-6,13,15H2,1H3. The van der Waals surface area contributed by atoms with Crippen molar-refractivity contribution < 1.29 is 23.2 Å². The number of piperidine rings is 1. The van der Waals surface area contributed by atoms with E-state index in [2.05, 4.69) is 15.4 Å². The van der Waals surface area contributed by atoms with Crippen LogP contribution in [0.5, 0.6) is 0 Å². The van der Waals surface area contributed by atoms with Crippen molar-refractivity contribution in [3.05, 3.63) is 71.5 Å². The molecule has 6 rings (SSSR count). The van der Waals surface area contributed by atoms with Crippen LogP contribution in [-0.2, 0) is 9.53 Å². The first kappa shape index (κ1) is 22.3. The van der Waals surface area contributed by atoms with Crippen LogP contribution in [0.15, 0.2) is 59.1 Å². The third kappa shape index (κ3) is 3.61. The molecule has 4 aromatic rings. The Hall–Kier alpha value is -4.20. The van der Waals surface area contributed by atoms with Crippen molar-refractivity contribution in [2.45, 2.75) is 19.8 Å². The quantitative estimate of drug-likeness (QED) is 0.320. The monoisotopic (exact) mass is 485 g/mol. The molecule has 2 heterocycles. The number of rotatable bonds is 5. The van der Waals surface area contributed by atoms with Crippen LogP contribution in [0, 0.1) is 11.7 Å². The average molecular weight is 486 g/mol. The molecule has 1 fully saturated rings. The molecule has 0 amide bonds. The number of hydrogen-bond donors (Lipinski definition) is 1. The van der Waals surface area contributed by atoms with E-state index in [1.807, 2.05) is 24.3 Å². The number of carbonyl (C=O) groups is 2. The molecule has 0 spiro atoms. The largest absolute Gasteiger partial charge is 0.466 e. The van der Waals surface area contributed by atoms with E-state index in [1.165, 1.54) is 12.1 Å². The van der Waals surface area contributed by atoms with Crippen molar-refractivity contribution >= 4 is 39.7 Å². The van der Waals surface area contributed by atoms with Gasteiger partial charge >= 0.3 is 5.97 Å². The molecule has 0 radical (unpaired) electrons. The van der Waals surface area contributed by atoms with E-state index in [9.17, 15) is 14.0 Å². The molecular weight excluding hydrogens is 461 g/mol. The molecule has 0 saturated carbocycles. The Bertz CT molecular complexity index is 1490. The molecule has 0 bridgehead atoms. The zero-order valence-corrected chi connectivity index (χ0v) is 19.7. The van der Waals surface area contributed by atoms with Gasteiger partial charge in [0.15, 0.2) is 11.5 Å². The fourth-order valence-corrected chi connectivity index (χ4v) is 5.22. The molecule has 3 aromatic carbocycles.